The Bertz CT molecular complexity index is 305. The summed E-state index contributed by atoms with van der Waals surface area (Å²) in [6.07, 6.45) is 0. The van der Waals surface area contributed by atoms with Crippen LogP contribution in [0.3, 0.4) is 0 Å². The van der Waals surface area contributed by atoms with Gasteiger partial charge in [-0.3, -0.25) is 0 Å². The predicted octanol–water partition coefficient (Wildman–Crippen LogP) is 3.84. The molecule has 0 atom stereocenters. The molecule has 0 amide bonds. The standard InChI is InChI=1S/C13H20BrNO/c1-10(2)9-16-5-4-15-13-7-11(3)6-12(14)8-13/h6-8,10,15H,4-5,9H2,1-3H3. The van der Waals surface area contributed by atoms with E-state index in [1.165, 1.54) is 5.56 Å². The van der Waals surface area contributed by atoms with Crippen LogP contribution in [0.2, 0.25) is 0 Å². The molecule has 0 unspecified atom stereocenters. The molecule has 1 aromatic rings. The van der Waals surface area contributed by atoms with Crippen molar-refractivity contribution in [3.63, 3.8) is 0 Å². The van der Waals surface area contributed by atoms with E-state index >= 15 is 0 Å². The average Bonchev–Trinajstić information content (AvgIpc) is 2.15. The van der Waals surface area contributed by atoms with Crippen LogP contribution in [0.15, 0.2) is 22.7 Å². The van der Waals surface area contributed by atoms with E-state index < -0.39 is 0 Å². The molecule has 0 aromatic heterocycles. The zero-order valence-corrected chi connectivity index (χ0v) is 11.8. The van der Waals surface area contributed by atoms with Gasteiger partial charge in [-0.25, -0.2) is 0 Å². The van der Waals surface area contributed by atoms with E-state index in [1.54, 1.807) is 0 Å². The largest absolute Gasteiger partial charge is 0.383 e. The molecule has 90 valence electrons. The van der Waals surface area contributed by atoms with Crippen molar-refractivity contribution in [2.24, 2.45) is 5.92 Å². The molecule has 0 aliphatic rings. The molecule has 0 fully saturated rings. The van der Waals surface area contributed by atoms with Crippen LogP contribution >= 0.6 is 15.9 Å². The summed E-state index contributed by atoms with van der Waals surface area (Å²) in [4.78, 5) is 0. The van der Waals surface area contributed by atoms with Crippen molar-refractivity contribution in [1.82, 2.24) is 0 Å². The lowest BCUT2D eigenvalue weighted by Crippen LogP contribution is -2.12. The number of hydrogen-bond donors (Lipinski definition) is 1. The molecule has 0 saturated heterocycles. The van der Waals surface area contributed by atoms with Gasteiger partial charge in [0.1, 0.15) is 0 Å². The number of rotatable bonds is 6. The van der Waals surface area contributed by atoms with Gasteiger partial charge < -0.3 is 10.1 Å². The second kappa shape index (κ2) is 6.92. The molecule has 2 nitrogen and oxygen atoms in total. The molecule has 0 spiro atoms. The van der Waals surface area contributed by atoms with Gasteiger partial charge in [-0.2, -0.15) is 0 Å². The monoisotopic (exact) mass is 285 g/mol. The minimum atomic E-state index is 0.605. The first-order valence-corrected chi connectivity index (χ1v) is 6.46. The Hall–Kier alpha value is -0.540. The Morgan fingerprint density at radius 1 is 1.31 bits per heavy atom. The molecular weight excluding hydrogens is 266 g/mol. The molecule has 0 heterocycles. The Kier molecular flexibility index (Phi) is 5.85. The first-order valence-electron chi connectivity index (χ1n) is 5.66. The second-order valence-corrected chi connectivity index (χ2v) is 5.33. The van der Waals surface area contributed by atoms with E-state index in [2.05, 4.69) is 60.2 Å². The summed E-state index contributed by atoms with van der Waals surface area (Å²) in [5.41, 5.74) is 2.39. The van der Waals surface area contributed by atoms with Gasteiger partial charge in [0.2, 0.25) is 0 Å². The third-order valence-corrected chi connectivity index (χ3v) is 2.53. The van der Waals surface area contributed by atoms with Gasteiger partial charge in [0.05, 0.1) is 6.61 Å². The van der Waals surface area contributed by atoms with Crippen molar-refractivity contribution < 1.29 is 4.74 Å². The fourth-order valence-corrected chi connectivity index (χ4v) is 2.03. The van der Waals surface area contributed by atoms with Gasteiger partial charge in [0.15, 0.2) is 0 Å². The number of hydrogen-bond acceptors (Lipinski definition) is 2. The van der Waals surface area contributed by atoms with Crippen LogP contribution in [0.4, 0.5) is 5.69 Å². The van der Waals surface area contributed by atoms with Crippen LogP contribution in [0.25, 0.3) is 0 Å². The maximum Gasteiger partial charge on any atom is 0.0639 e. The minimum Gasteiger partial charge on any atom is -0.383 e. The first kappa shape index (κ1) is 13.5. The quantitative estimate of drug-likeness (QED) is 0.802. The van der Waals surface area contributed by atoms with Crippen molar-refractivity contribution in [1.29, 1.82) is 0 Å². The van der Waals surface area contributed by atoms with Crippen LogP contribution in [0.5, 0.6) is 0 Å². The average molecular weight is 286 g/mol. The molecule has 1 rings (SSSR count). The summed E-state index contributed by atoms with van der Waals surface area (Å²) in [5, 5.41) is 3.35. The van der Waals surface area contributed by atoms with Gasteiger partial charge in [0.25, 0.3) is 0 Å². The maximum absolute atomic E-state index is 5.50. The second-order valence-electron chi connectivity index (χ2n) is 4.41. The van der Waals surface area contributed by atoms with Crippen molar-refractivity contribution in [3.05, 3.63) is 28.2 Å². The lowest BCUT2D eigenvalue weighted by molar-refractivity contribution is 0.118. The van der Waals surface area contributed by atoms with E-state index in [0.717, 1.165) is 29.9 Å². The molecular formula is C13H20BrNO. The lowest BCUT2D eigenvalue weighted by atomic mass is 10.2. The van der Waals surface area contributed by atoms with Crippen molar-refractivity contribution >= 4 is 21.6 Å². The summed E-state index contributed by atoms with van der Waals surface area (Å²) < 4.78 is 6.61. The highest BCUT2D eigenvalue weighted by Crippen LogP contribution is 2.18. The summed E-state index contributed by atoms with van der Waals surface area (Å²) in [5.74, 6) is 0.605. The van der Waals surface area contributed by atoms with Crippen LogP contribution in [0, 0.1) is 12.8 Å². The molecule has 0 saturated carbocycles. The molecule has 0 aliphatic heterocycles. The predicted molar refractivity (Wildman–Crippen MR) is 73.0 cm³/mol. The summed E-state index contributed by atoms with van der Waals surface area (Å²) in [7, 11) is 0. The molecule has 0 radical (unpaired) electrons. The lowest BCUT2D eigenvalue weighted by Gasteiger charge is -2.10. The third-order valence-electron chi connectivity index (χ3n) is 2.07. The molecule has 0 bridgehead atoms. The highest BCUT2D eigenvalue weighted by Gasteiger charge is 1.97. The summed E-state index contributed by atoms with van der Waals surface area (Å²) >= 11 is 3.48. The van der Waals surface area contributed by atoms with E-state index in [-0.39, 0.29) is 0 Å². The summed E-state index contributed by atoms with van der Waals surface area (Å²) in [6.45, 7) is 8.84. The highest BCUT2D eigenvalue weighted by atomic mass is 79.9. The number of ether oxygens (including phenoxy) is 1. The minimum absolute atomic E-state index is 0.605. The number of benzene rings is 1. The Balaban J connectivity index is 2.26. The maximum atomic E-state index is 5.50. The van der Waals surface area contributed by atoms with Gasteiger partial charge in [-0.15, -0.1) is 0 Å². The highest BCUT2D eigenvalue weighted by molar-refractivity contribution is 9.10. The topological polar surface area (TPSA) is 21.3 Å². The van der Waals surface area contributed by atoms with Crippen LogP contribution in [0.1, 0.15) is 19.4 Å². The van der Waals surface area contributed by atoms with Crippen LogP contribution < -0.4 is 5.32 Å². The normalized spacial score (nSPS) is 10.8. The molecule has 16 heavy (non-hydrogen) atoms. The Labute approximate surface area is 107 Å². The van der Waals surface area contributed by atoms with Crippen molar-refractivity contribution in [2.75, 3.05) is 25.1 Å². The molecule has 0 aliphatic carbocycles. The zero-order valence-electron chi connectivity index (χ0n) is 10.2. The van der Waals surface area contributed by atoms with Gasteiger partial charge in [0, 0.05) is 23.3 Å². The Morgan fingerprint density at radius 2 is 2.06 bits per heavy atom. The zero-order chi connectivity index (χ0) is 12.0. The fraction of sp³-hybridized carbons (Fsp3) is 0.538. The Morgan fingerprint density at radius 3 is 2.69 bits per heavy atom. The van der Waals surface area contributed by atoms with Gasteiger partial charge in [-0.1, -0.05) is 29.8 Å². The van der Waals surface area contributed by atoms with Crippen molar-refractivity contribution in [2.45, 2.75) is 20.8 Å². The van der Waals surface area contributed by atoms with Gasteiger partial charge >= 0.3 is 0 Å². The molecule has 1 aromatic carbocycles. The summed E-state index contributed by atoms with van der Waals surface area (Å²) in [6, 6.07) is 6.31. The first-order chi connectivity index (χ1) is 7.58. The van der Waals surface area contributed by atoms with E-state index in [1.807, 2.05) is 0 Å². The smallest absolute Gasteiger partial charge is 0.0639 e. The third kappa shape index (κ3) is 5.52. The SMILES string of the molecule is Cc1cc(Br)cc(NCCOCC(C)C)c1. The fourth-order valence-electron chi connectivity index (χ4n) is 1.42. The number of halogens is 1. The van der Waals surface area contributed by atoms with Crippen LogP contribution in [-0.4, -0.2) is 19.8 Å². The number of anilines is 1. The molecule has 1 N–H and O–H groups in total. The van der Waals surface area contributed by atoms with Crippen molar-refractivity contribution in [3.8, 4) is 0 Å². The number of aryl methyl sites for hydroxylation is 1. The van der Waals surface area contributed by atoms with E-state index in [4.69, 9.17) is 4.74 Å². The van der Waals surface area contributed by atoms with E-state index in [0.29, 0.717) is 5.92 Å². The number of nitrogens with one attached hydrogen (secondary N) is 1. The van der Waals surface area contributed by atoms with Crippen LogP contribution in [-0.2, 0) is 4.74 Å². The van der Waals surface area contributed by atoms with Gasteiger partial charge in [-0.05, 0) is 36.6 Å². The van der Waals surface area contributed by atoms with E-state index in [9.17, 15) is 0 Å². The molecule has 3 heteroatoms.